The largest absolute Gasteiger partial charge is 0.494 e. The lowest BCUT2D eigenvalue weighted by Gasteiger charge is -2.12. The van der Waals surface area contributed by atoms with Gasteiger partial charge in [0, 0.05) is 17.7 Å². The number of anilines is 1. The fourth-order valence-electron chi connectivity index (χ4n) is 1.80. The van der Waals surface area contributed by atoms with Crippen LogP contribution in [0.5, 0.6) is 5.75 Å². The molecule has 1 rings (SSSR count). The van der Waals surface area contributed by atoms with E-state index in [0.717, 1.165) is 6.42 Å². The van der Waals surface area contributed by atoms with Crippen LogP contribution in [0.1, 0.15) is 32.3 Å². The number of amides is 1. The first-order valence-corrected chi connectivity index (χ1v) is 6.97. The molecule has 0 aliphatic carbocycles. The summed E-state index contributed by atoms with van der Waals surface area (Å²) < 4.78 is 5.39. The van der Waals surface area contributed by atoms with Crippen LogP contribution < -0.4 is 15.8 Å². The molecular weight excluding hydrogens is 256 g/mol. The van der Waals surface area contributed by atoms with Gasteiger partial charge >= 0.3 is 0 Å². The molecule has 1 aromatic rings. The highest BCUT2D eigenvalue weighted by Crippen LogP contribution is 2.23. The Morgan fingerprint density at radius 2 is 2.25 bits per heavy atom. The molecule has 1 atom stereocenters. The lowest BCUT2D eigenvalue weighted by Crippen LogP contribution is -2.16. The molecule has 0 saturated heterocycles. The van der Waals surface area contributed by atoms with Gasteiger partial charge < -0.3 is 20.9 Å². The molecule has 0 aliphatic rings. The van der Waals surface area contributed by atoms with Gasteiger partial charge in [-0.05, 0) is 44.0 Å². The molecular formula is C15H24N2O3. The van der Waals surface area contributed by atoms with Crippen LogP contribution in [0, 0.1) is 5.92 Å². The van der Waals surface area contributed by atoms with Crippen LogP contribution in [0.4, 0.5) is 5.69 Å². The molecule has 0 radical (unpaired) electrons. The minimum Gasteiger partial charge on any atom is -0.494 e. The van der Waals surface area contributed by atoms with E-state index in [1.165, 1.54) is 0 Å². The minimum atomic E-state index is -0.122. The number of ether oxygens (including phenoxy) is 1. The van der Waals surface area contributed by atoms with E-state index in [1.54, 1.807) is 18.2 Å². The Bertz CT molecular complexity index is 435. The Kier molecular flexibility index (Phi) is 7.04. The second-order valence-corrected chi connectivity index (χ2v) is 4.84. The topological polar surface area (TPSA) is 84.6 Å². The van der Waals surface area contributed by atoms with Crippen molar-refractivity contribution in [3.8, 4) is 5.75 Å². The van der Waals surface area contributed by atoms with Gasteiger partial charge in [-0.1, -0.05) is 6.92 Å². The van der Waals surface area contributed by atoms with E-state index in [9.17, 15) is 9.90 Å². The molecule has 0 saturated carbocycles. The summed E-state index contributed by atoms with van der Waals surface area (Å²) in [6.45, 7) is 4.91. The van der Waals surface area contributed by atoms with Crippen molar-refractivity contribution in [1.29, 1.82) is 0 Å². The first kappa shape index (κ1) is 16.5. The number of aliphatic hydroxyl groups excluding tert-OH is 1. The summed E-state index contributed by atoms with van der Waals surface area (Å²) in [4.78, 5) is 11.8. The molecule has 20 heavy (non-hydrogen) atoms. The zero-order chi connectivity index (χ0) is 15.0. The van der Waals surface area contributed by atoms with Gasteiger partial charge in [0.25, 0.3) is 0 Å². The first-order valence-electron chi connectivity index (χ1n) is 6.97. The summed E-state index contributed by atoms with van der Waals surface area (Å²) in [5, 5.41) is 12.1. The predicted molar refractivity (Wildman–Crippen MR) is 79.6 cm³/mol. The SMILES string of the molecule is CCOc1ccc(NC(=O)CCC(C)CN)cc1CO. The van der Waals surface area contributed by atoms with Crippen molar-refractivity contribution in [1.82, 2.24) is 0 Å². The Morgan fingerprint density at radius 1 is 1.50 bits per heavy atom. The maximum Gasteiger partial charge on any atom is 0.224 e. The van der Waals surface area contributed by atoms with Crippen LogP contribution in [0.3, 0.4) is 0 Å². The number of hydrogen-bond donors (Lipinski definition) is 3. The number of carbonyl (C=O) groups excluding carboxylic acids is 1. The van der Waals surface area contributed by atoms with Crippen molar-refractivity contribution < 1.29 is 14.6 Å². The van der Waals surface area contributed by atoms with E-state index >= 15 is 0 Å². The molecule has 0 aliphatic heterocycles. The van der Waals surface area contributed by atoms with Gasteiger partial charge in [0.15, 0.2) is 0 Å². The van der Waals surface area contributed by atoms with Gasteiger partial charge in [-0.2, -0.15) is 0 Å². The van der Waals surface area contributed by atoms with Crippen LogP contribution in [-0.2, 0) is 11.4 Å². The second-order valence-electron chi connectivity index (χ2n) is 4.84. The zero-order valence-corrected chi connectivity index (χ0v) is 12.2. The third-order valence-corrected chi connectivity index (χ3v) is 3.08. The van der Waals surface area contributed by atoms with Crippen molar-refractivity contribution in [3.05, 3.63) is 23.8 Å². The number of nitrogens with two attached hydrogens (primary N) is 1. The number of aliphatic hydroxyl groups is 1. The highest BCUT2D eigenvalue weighted by atomic mass is 16.5. The number of carbonyl (C=O) groups is 1. The highest BCUT2D eigenvalue weighted by Gasteiger charge is 2.08. The van der Waals surface area contributed by atoms with Gasteiger partial charge in [-0.25, -0.2) is 0 Å². The molecule has 0 heterocycles. The Labute approximate surface area is 120 Å². The van der Waals surface area contributed by atoms with Gasteiger partial charge in [0.2, 0.25) is 5.91 Å². The molecule has 0 aromatic heterocycles. The summed E-state index contributed by atoms with van der Waals surface area (Å²) in [5.74, 6) is 0.942. The molecule has 112 valence electrons. The van der Waals surface area contributed by atoms with E-state index < -0.39 is 0 Å². The zero-order valence-electron chi connectivity index (χ0n) is 12.2. The average Bonchev–Trinajstić information content (AvgIpc) is 2.46. The van der Waals surface area contributed by atoms with Crippen LogP contribution in [-0.4, -0.2) is 24.2 Å². The minimum absolute atomic E-state index is 0.0432. The first-order chi connectivity index (χ1) is 9.60. The van der Waals surface area contributed by atoms with Gasteiger partial charge in [-0.3, -0.25) is 4.79 Å². The molecule has 1 aromatic carbocycles. The summed E-state index contributed by atoms with van der Waals surface area (Å²) >= 11 is 0. The van der Waals surface area contributed by atoms with Crippen LogP contribution in [0.25, 0.3) is 0 Å². The summed E-state index contributed by atoms with van der Waals surface area (Å²) in [6, 6.07) is 5.26. The van der Waals surface area contributed by atoms with Gasteiger partial charge in [-0.15, -0.1) is 0 Å². The Hall–Kier alpha value is -1.59. The van der Waals surface area contributed by atoms with Crippen LogP contribution in [0.2, 0.25) is 0 Å². The molecule has 1 amide bonds. The van der Waals surface area contributed by atoms with E-state index in [2.05, 4.69) is 5.32 Å². The van der Waals surface area contributed by atoms with Crippen LogP contribution >= 0.6 is 0 Å². The van der Waals surface area contributed by atoms with E-state index in [4.69, 9.17) is 10.5 Å². The number of rotatable bonds is 8. The van der Waals surface area contributed by atoms with Gasteiger partial charge in [0.05, 0.1) is 13.2 Å². The molecule has 0 fully saturated rings. The van der Waals surface area contributed by atoms with Gasteiger partial charge in [0.1, 0.15) is 5.75 Å². The van der Waals surface area contributed by atoms with Crippen molar-refractivity contribution in [2.24, 2.45) is 11.7 Å². The average molecular weight is 280 g/mol. The predicted octanol–water partition coefficient (Wildman–Crippen LogP) is 1.89. The standard InChI is InChI=1S/C15H24N2O3/c1-3-20-14-6-5-13(8-12(14)10-18)17-15(19)7-4-11(2)9-16/h5-6,8,11,18H,3-4,7,9-10,16H2,1-2H3,(H,17,19). The van der Waals surface area contributed by atoms with Crippen molar-refractivity contribution in [3.63, 3.8) is 0 Å². The molecule has 4 N–H and O–H groups in total. The maximum absolute atomic E-state index is 11.8. The fraction of sp³-hybridized carbons (Fsp3) is 0.533. The smallest absolute Gasteiger partial charge is 0.224 e. The molecule has 1 unspecified atom stereocenters. The van der Waals surface area contributed by atoms with E-state index in [0.29, 0.717) is 42.5 Å². The molecule has 0 bridgehead atoms. The lowest BCUT2D eigenvalue weighted by atomic mass is 10.1. The quantitative estimate of drug-likeness (QED) is 0.679. The lowest BCUT2D eigenvalue weighted by molar-refractivity contribution is -0.116. The van der Waals surface area contributed by atoms with Crippen molar-refractivity contribution in [2.75, 3.05) is 18.5 Å². The summed E-state index contributed by atoms with van der Waals surface area (Å²) in [5.41, 5.74) is 6.86. The maximum atomic E-state index is 11.8. The summed E-state index contributed by atoms with van der Waals surface area (Å²) in [7, 11) is 0. The van der Waals surface area contributed by atoms with E-state index in [-0.39, 0.29) is 12.5 Å². The van der Waals surface area contributed by atoms with Crippen LogP contribution in [0.15, 0.2) is 18.2 Å². The third-order valence-electron chi connectivity index (χ3n) is 3.08. The molecule has 0 spiro atoms. The monoisotopic (exact) mass is 280 g/mol. The second kappa shape index (κ2) is 8.55. The number of benzene rings is 1. The molecule has 5 nitrogen and oxygen atoms in total. The van der Waals surface area contributed by atoms with Crippen molar-refractivity contribution in [2.45, 2.75) is 33.3 Å². The Balaban J connectivity index is 2.61. The highest BCUT2D eigenvalue weighted by molar-refractivity contribution is 5.90. The van der Waals surface area contributed by atoms with E-state index in [1.807, 2.05) is 13.8 Å². The third kappa shape index (κ3) is 5.19. The normalized spacial score (nSPS) is 12.0. The van der Waals surface area contributed by atoms with Crippen molar-refractivity contribution >= 4 is 11.6 Å². The molecule has 5 heteroatoms. The summed E-state index contributed by atoms with van der Waals surface area (Å²) in [6.07, 6.45) is 1.21. The Morgan fingerprint density at radius 3 is 2.85 bits per heavy atom. The number of nitrogens with one attached hydrogen (secondary N) is 1. The number of hydrogen-bond acceptors (Lipinski definition) is 4. The fourth-order valence-corrected chi connectivity index (χ4v) is 1.80.